The van der Waals surface area contributed by atoms with Crippen LogP contribution in [-0.4, -0.2) is 39.3 Å². The third-order valence-electron chi connectivity index (χ3n) is 5.42. The lowest BCUT2D eigenvalue weighted by atomic mass is 10.0. The Morgan fingerprint density at radius 3 is 2.57 bits per heavy atom. The second kappa shape index (κ2) is 6.64. The van der Waals surface area contributed by atoms with Crippen LogP contribution in [0.25, 0.3) is 10.9 Å². The number of fused-ring (bicyclic) bond motifs is 2. The molecule has 0 bridgehead atoms. The fourth-order valence-electron chi connectivity index (χ4n) is 3.93. The van der Waals surface area contributed by atoms with Crippen molar-refractivity contribution in [3.05, 3.63) is 69.9 Å². The van der Waals surface area contributed by atoms with E-state index in [1.807, 2.05) is 13.0 Å². The van der Waals surface area contributed by atoms with Gasteiger partial charge < -0.3 is 10.1 Å². The number of carbonyl (C=O) groups excluding carboxylic acids is 2. The van der Waals surface area contributed by atoms with Gasteiger partial charge in [0.2, 0.25) is 0 Å². The zero-order valence-electron chi connectivity index (χ0n) is 15.7. The first-order valence-electron chi connectivity index (χ1n) is 9.25. The van der Waals surface area contributed by atoms with Crippen molar-refractivity contribution in [3.8, 4) is 0 Å². The lowest BCUT2D eigenvalue weighted by Gasteiger charge is -2.13. The predicted octanol–water partition coefficient (Wildman–Crippen LogP) is 3.58. The number of carboxylic acids is 1. The van der Waals surface area contributed by atoms with Crippen molar-refractivity contribution in [1.82, 2.24) is 9.88 Å². The summed E-state index contributed by atoms with van der Waals surface area (Å²) < 4.78 is 0. The van der Waals surface area contributed by atoms with E-state index in [0.29, 0.717) is 6.42 Å². The molecule has 0 fully saturated rings. The second-order valence-corrected chi connectivity index (χ2v) is 7.00. The standard InChI is InChI=1S/C22H20N2O4/c1-3-13-5-4-6-16-15(12(2)23-19(13)16)9-10-24-20(25)17-8-7-14(22(27)28)11-18(17)21(24)26/h4-8,11,23H,3,9-10H2,1-2H3,(H,27,28). The topological polar surface area (TPSA) is 90.5 Å². The number of carboxylic acid groups (broad SMARTS) is 1. The second-order valence-electron chi connectivity index (χ2n) is 7.00. The summed E-state index contributed by atoms with van der Waals surface area (Å²) in [5, 5.41) is 10.2. The molecule has 0 atom stereocenters. The van der Waals surface area contributed by atoms with Crippen molar-refractivity contribution in [1.29, 1.82) is 0 Å². The summed E-state index contributed by atoms with van der Waals surface area (Å²) in [7, 11) is 0. The average molecular weight is 376 g/mol. The average Bonchev–Trinajstić information content (AvgIpc) is 3.13. The van der Waals surface area contributed by atoms with Crippen LogP contribution in [0.4, 0.5) is 0 Å². The normalized spacial score (nSPS) is 13.4. The first-order valence-corrected chi connectivity index (χ1v) is 9.25. The van der Waals surface area contributed by atoms with E-state index in [4.69, 9.17) is 5.11 Å². The van der Waals surface area contributed by atoms with Gasteiger partial charge in [-0.1, -0.05) is 25.1 Å². The molecule has 28 heavy (non-hydrogen) atoms. The Kier molecular flexibility index (Phi) is 4.26. The fraction of sp³-hybridized carbons (Fsp3) is 0.227. The summed E-state index contributed by atoms with van der Waals surface area (Å²) in [4.78, 5) is 41.1. The number of amides is 2. The minimum Gasteiger partial charge on any atom is -0.478 e. The molecular formula is C22H20N2O4. The number of hydrogen-bond acceptors (Lipinski definition) is 3. The largest absolute Gasteiger partial charge is 0.478 e. The zero-order chi connectivity index (χ0) is 20.0. The van der Waals surface area contributed by atoms with Gasteiger partial charge in [-0.25, -0.2) is 4.79 Å². The molecule has 1 aliphatic rings. The van der Waals surface area contributed by atoms with Crippen LogP contribution in [-0.2, 0) is 12.8 Å². The lowest BCUT2D eigenvalue weighted by molar-refractivity contribution is 0.0654. The number of imide groups is 1. The summed E-state index contributed by atoms with van der Waals surface area (Å²) in [6.07, 6.45) is 1.46. The molecule has 142 valence electrons. The molecule has 1 aliphatic heterocycles. The van der Waals surface area contributed by atoms with Gasteiger partial charge in [0.15, 0.2) is 0 Å². The van der Waals surface area contributed by atoms with E-state index >= 15 is 0 Å². The van der Waals surface area contributed by atoms with Gasteiger partial charge in [0.05, 0.1) is 16.7 Å². The van der Waals surface area contributed by atoms with Gasteiger partial charge in [0.1, 0.15) is 0 Å². The van der Waals surface area contributed by atoms with Gasteiger partial charge in [-0.05, 0) is 49.1 Å². The number of carbonyl (C=O) groups is 3. The van der Waals surface area contributed by atoms with Crippen LogP contribution in [0.1, 0.15) is 54.8 Å². The number of aryl methyl sites for hydroxylation is 2. The van der Waals surface area contributed by atoms with Crippen LogP contribution in [0.2, 0.25) is 0 Å². The first kappa shape index (κ1) is 18.0. The quantitative estimate of drug-likeness (QED) is 0.666. The molecule has 3 aromatic rings. The third-order valence-corrected chi connectivity index (χ3v) is 5.42. The van der Waals surface area contributed by atoms with Crippen LogP contribution in [0, 0.1) is 6.92 Å². The Labute approximate surface area is 161 Å². The summed E-state index contributed by atoms with van der Waals surface area (Å²) in [5.41, 5.74) is 4.88. The van der Waals surface area contributed by atoms with Crippen LogP contribution in [0.3, 0.4) is 0 Å². The monoisotopic (exact) mass is 376 g/mol. The maximum Gasteiger partial charge on any atom is 0.335 e. The van der Waals surface area contributed by atoms with Crippen molar-refractivity contribution in [2.45, 2.75) is 26.7 Å². The minimum atomic E-state index is -1.12. The van der Waals surface area contributed by atoms with Crippen molar-refractivity contribution >= 4 is 28.7 Å². The van der Waals surface area contributed by atoms with Gasteiger partial charge in [-0.3, -0.25) is 14.5 Å². The molecule has 1 aromatic heterocycles. The highest BCUT2D eigenvalue weighted by Crippen LogP contribution is 2.28. The number of nitrogens with zero attached hydrogens (tertiary/aromatic N) is 1. The first-order chi connectivity index (χ1) is 13.4. The molecule has 0 aliphatic carbocycles. The number of rotatable bonds is 5. The highest BCUT2D eigenvalue weighted by Gasteiger charge is 2.35. The Morgan fingerprint density at radius 2 is 1.86 bits per heavy atom. The Balaban J connectivity index is 1.62. The number of aromatic carboxylic acids is 1. The molecule has 2 amide bonds. The number of aromatic nitrogens is 1. The summed E-state index contributed by atoms with van der Waals surface area (Å²) in [5.74, 6) is -1.93. The molecule has 2 N–H and O–H groups in total. The minimum absolute atomic E-state index is 0.00122. The molecule has 0 saturated carbocycles. The lowest BCUT2D eigenvalue weighted by Crippen LogP contribution is -2.31. The van der Waals surface area contributed by atoms with Crippen molar-refractivity contribution in [2.24, 2.45) is 0 Å². The highest BCUT2D eigenvalue weighted by molar-refractivity contribution is 6.22. The Bertz CT molecular complexity index is 1140. The van der Waals surface area contributed by atoms with Crippen LogP contribution in [0.15, 0.2) is 36.4 Å². The van der Waals surface area contributed by atoms with Crippen LogP contribution < -0.4 is 0 Å². The number of nitrogens with one attached hydrogen (secondary N) is 1. The van der Waals surface area contributed by atoms with E-state index < -0.39 is 11.9 Å². The maximum atomic E-state index is 12.7. The summed E-state index contributed by atoms with van der Waals surface area (Å²) >= 11 is 0. The van der Waals surface area contributed by atoms with E-state index in [2.05, 4.69) is 24.0 Å². The number of aromatic amines is 1. The SMILES string of the molecule is CCc1cccc2c(CCN3C(=O)c4ccc(C(=O)O)cc4C3=O)c(C)[nH]c12. The van der Waals surface area contributed by atoms with Gasteiger partial charge in [0, 0.05) is 23.1 Å². The zero-order valence-corrected chi connectivity index (χ0v) is 15.7. The third kappa shape index (κ3) is 2.69. The molecule has 0 saturated heterocycles. The van der Waals surface area contributed by atoms with E-state index in [0.717, 1.165) is 28.6 Å². The van der Waals surface area contributed by atoms with Gasteiger partial charge in [-0.2, -0.15) is 0 Å². The van der Waals surface area contributed by atoms with Crippen LogP contribution in [0.5, 0.6) is 0 Å². The smallest absolute Gasteiger partial charge is 0.335 e. The molecule has 2 aromatic carbocycles. The molecule has 2 heterocycles. The van der Waals surface area contributed by atoms with E-state index in [-0.39, 0.29) is 29.1 Å². The van der Waals surface area contributed by atoms with E-state index in [1.165, 1.54) is 28.7 Å². The Hall–Kier alpha value is -3.41. The number of para-hydroxylation sites is 1. The molecule has 6 heteroatoms. The molecule has 0 radical (unpaired) electrons. The molecular weight excluding hydrogens is 356 g/mol. The maximum absolute atomic E-state index is 12.7. The molecule has 0 unspecified atom stereocenters. The molecule has 4 rings (SSSR count). The Morgan fingerprint density at radius 1 is 1.11 bits per heavy atom. The van der Waals surface area contributed by atoms with Crippen molar-refractivity contribution in [2.75, 3.05) is 6.54 Å². The summed E-state index contributed by atoms with van der Waals surface area (Å²) in [6.45, 7) is 4.35. The van der Waals surface area contributed by atoms with E-state index in [1.54, 1.807) is 0 Å². The number of benzene rings is 2. The number of hydrogen-bond donors (Lipinski definition) is 2. The molecule has 0 spiro atoms. The van der Waals surface area contributed by atoms with Gasteiger partial charge >= 0.3 is 5.97 Å². The summed E-state index contributed by atoms with van der Waals surface area (Å²) in [6, 6.07) is 10.2. The van der Waals surface area contributed by atoms with E-state index in [9.17, 15) is 14.4 Å². The van der Waals surface area contributed by atoms with Crippen molar-refractivity contribution < 1.29 is 19.5 Å². The van der Waals surface area contributed by atoms with Gasteiger partial charge in [-0.15, -0.1) is 0 Å². The van der Waals surface area contributed by atoms with Crippen LogP contribution >= 0.6 is 0 Å². The highest BCUT2D eigenvalue weighted by atomic mass is 16.4. The number of H-pyrrole nitrogens is 1. The van der Waals surface area contributed by atoms with Crippen molar-refractivity contribution in [3.63, 3.8) is 0 Å². The predicted molar refractivity (Wildman–Crippen MR) is 105 cm³/mol. The molecule has 6 nitrogen and oxygen atoms in total. The van der Waals surface area contributed by atoms with Gasteiger partial charge in [0.25, 0.3) is 11.8 Å². The fourth-order valence-corrected chi connectivity index (χ4v) is 3.93.